The third-order valence-electron chi connectivity index (χ3n) is 2.75. The van der Waals surface area contributed by atoms with E-state index < -0.39 is 10.0 Å². The summed E-state index contributed by atoms with van der Waals surface area (Å²) in [5.41, 5.74) is 0. The summed E-state index contributed by atoms with van der Waals surface area (Å²) < 4.78 is 31.3. The van der Waals surface area contributed by atoms with Crippen LogP contribution in [0, 0.1) is 5.92 Å². The maximum Gasteiger partial charge on any atom is 0.211 e. The number of hydrogen-bond acceptors (Lipinski definition) is 4. The van der Waals surface area contributed by atoms with E-state index in [0.717, 1.165) is 12.8 Å². The Morgan fingerprint density at radius 3 is 3.06 bits per heavy atom. The minimum Gasteiger partial charge on any atom is -0.381 e. The Morgan fingerprint density at radius 2 is 2.41 bits per heavy atom. The summed E-state index contributed by atoms with van der Waals surface area (Å²) in [7, 11) is -3.14. The van der Waals surface area contributed by atoms with Gasteiger partial charge in [-0.1, -0.05) is 6.07 Å². The summed E-state index contributed by atoms with van der Waals surface area (Å²) in [4.78, 5) is 1.21. The summed E-state index contributed by atoms with van der Waals surface area (Å²) in [6.07, 6.45) is 1.61. The van der Waals surface area contributed by atoms with Crippen LogP contribution in [0.4, 0.5) is 0 Å². The summed E-state index contributed by atoms with van der Waals surface area (Å²) in [6, 6.07) is 3.99. The molecule has 1 aliphatic rings. The van der Waals surface area contributed by atoms with Gasteiger partial charge in [0.25, 0.3) is 0 Å². The molecule has 0 radical (unpaired) electrons. The molecule has 0 aliphatic carbocycles. The molecular formula is C11H17NO3S2. The lowest BCUT2D eigenvalue weighted by Gasteiger charge is -2.09. The first-order valence-electron chi connectivity index (χ1n) is 5.73. The van der Waals surface area contributed by atoms with Crippen LogP contribution >= 0.6 is 11.3 Å². The molecule has 1 saturated heterocycles. The molecule has 1 aromatic heterocycles. The zero-order valence-electron chi connectivity index (χ0n) is 9.59. The highest BCUT2D eigenvalue weighted by molar-refractivity contribution is 7.89. The maximum atomic E-state index is 11.8. The van der Waals surface area contributed by atoms with Gasteiger partial charge in [-0.25, -0.2) is 13.1 Å². The highest BCUT2D eigenvalue weighted by Crippen LogP contribution is 2.14. The van der Waals surface area contributed by atoms with Gasteiger partial charge in [0.15, 0.2) is 0 Å². The van der Waals surface area contributed by atoms with Crippen molar-refractivity contribution in [2.45, 2.75) is 12.8 Å². The van der Waals surface area contributed by atoms with Crippen LogP contribution in [-0.4, -0.2) is 33.9 Å². The van der Waals surface area contributed by atoms with Crippen molar-refractivity contribution in [1.82, 2.24) is 4.72 Å². The summed E-state index contributed by atoms with van der Waals surface area (Å²) in [6.45, 7) is 1.75. The van der Waals surface area contributed by atoms with Gasteiger partial charge in [0.05, 0.1) is 12.4 Å². The average Bonchev–Trinajstić information content (AvgIpc) is 2.89. The van der Waals surface area contributed by atoms with Crippen LogP contribution in [0.2, 0.25) is 0 Å². The smallest absolute Gasteiger partial charge is 0.211 e. The SMILES string of the molecule is O=S(=O)(C[C@H]1CCOC1)NCCc1cccs1. The van der Waals surface area contributed by atoms with E-state index in [1.807, 2.05) is 17.5 Å². The second-order valence-corrected chi connectivity index (χ2v) is 7.12. The minimum absolute atomic E-state index is 0.161. The Balaban J connectivity index is 1.73. The number of hydrogen-bond donors (Lipinski definition) is 1. The van der Waals surface area contributed by atoms with E-state index >= 15 is 0 Å². The summed E-state index contributed by atoms with van der Waals surface area (Å²) >= 11 is 1.65. The molecule has 1 N–H and O–H groups in total. The largest absolute Gasteiger partial charge is 0.381 e. The molecule has 0 amide bonds. The Kier molecular flexibility index (Phi) is 4.55. The first-order valence-corrected chi connectivity index (χ1v) is 8.26. The van der Waals surface area contributed by atoms with Gasteiger partial charge in [-0.3, -0.25) is 0 Å². The van der Waals surface area contributed by atoms with Crippen LogP contribution in [0.5, 0.6) is 0 Å². The molecule has 96 valence electrons. The lowest BCUT2D eigenvalue weighted by Crippen LogP contribution is -2.31. The predicted molar refractivity (Wildman–Crippen MR) is 68.7 cm³/mol. The Bertz CT molecular complexity index is 422. The van der Waals surface area contributed by atoms with Gasteiger partial charge in [0, 0.05) is 18.0 Å². The Hall–Kier alpha value is -0.430. The maximum absolute atomic E-state index is 11.8. The van der Waals surface area contributed by atoms with Crippen LogP contribution in [0.1, 0.15) is 11.3 Å². The van der Waals surface area contributed by atoms with Crippen LogP contribution in [-0.2, 0) is 21.2 Å². The van der Waals surface area contributed by atoms with E-state index in [2.05, 4.69) is 4.72 Å². The van der Waals surface area contributed by atoms with E-state index in [4.69, 9.17) is 4.74 Å². The quantitative estimate of drug-likeness (QED) is 0.850. The number of rotatable bonds is 6. The number of thiophene rings is 1. The molecule has 0 bridgehead atoms. The fraction of sp³-hybridized carbons (Fsp3) is 0.636. The van der Waals surface area contributed by atoms with E-state index in [-0.39, 0.29) is 11.7 Å². The lowest BCUT2D eigenvalue weighted by atomic mass is 10.2. The molecule has 0 unspecified atom stereocenters. The Labute approximate surface area is 106 Å². The van der Waals surface area contributed by atoms with Crippen molar-refractivity contribution in [2.24, 2.45) is 5.92 Å². The number of nitrogens with one attached hydrogen (secondary N) is 1. The third kappa shape index (κ3) is 4.39. The molecule has 17 heavy (non-hydrogen) atoms. The topological polar surface area (TPSA) is 55.4 Å². The Morgan fingerprint density at radius 1 is 1.53 bits per heavy atom. The molecule has 2 rings (SSSR count). The number of ether oxygens (including phenoxy) is 1. The van der Waals surface area contributed by atoms with Gasteiger partial charge in [-0.2, -0.15) is 0 Å². The molecule has 1 atom stereocenters. The molecule has 0 spiro atoms. The van der Waals surface area contributed by atoms with E-state index in [0.29, 0.717) is 19.8 Å². The zero-order valence-corrected chi connectivity index (χ0v) is 11.2. The van der Waals surface area contributed by atoms with Crippen LogP contribution in [0.3, 0.4) is 0 Å². The highest BCUT2D eigenvalue weighted by Gasteiger charge is 2.22. The fourth-order valence-corrected chi connectivity index (χ4v) is 3.99. The van der Waals surface area contributed by atoms with Gasteiger partial charge in [-0.05, 0) is 30.2 Å². The normalized spacial score (nSPS) is 20.8. The van der Waals surface area contributed by atoms with Crippen molar-refractivity contribution in [2.75, 3.05) is 25.5 Å². The molecule has 6 heteroatoms. The van der Waals surface area contributed by atoms with Crippen molar-refractivity contribution >= 4 is 21.4 Å². The van der Waals surface area contributed by atoms with Crippen LogP contribution in [0.25, 0.3) is 0 Å². The molecule has 4 nitrogen and oxygen atoms in total. The van der Waals surface area contributed by atoms with Crippen LogP contribution < -0.4 is 4.72 Å². The molecular weight excluding hydrogens is 258 g/mol. The second-order valence-electron chi connectivity index (χ2n) is 4.23. The first-order chi connectivity index (χ1) is 8.16. The van der Waals surface area contributed by atoms with E-state index in [1.165, 1.54) is 4.88 Å². The monoisotopic (exact) mass is 275 g/mol. The van der Waals surface area contributed by atoms with Gasteiger partial charge >= 0.3 is 0 Å². The van der Waals surface area contributed by atoms with E-state index in [1.54, 1.807) is 11.3 Å². The first kappa shape index (κ1) is 13.0. The summed E-state index contributed by atoms with van der Waals surface area (Å²) in [5, 5.41) is 2.00. The van der Waals surface area contributed by atoms with Gasteiger partial charge in [0.1, 0.15) is 0 Å². The predicted octanol–water partition coefficient (Wildman–Crippen LogP) is 1.25. The summed E-state index contributed by atoms with van der Waals surface area (Å²) in [5.74, 6) is 0.353. The molecule has 0 saturated carbocycles. The standard InChI is InChI=1S/C11H17NO3S2/c13-17(14,9-10-4-6-15-8-10)12-5-3-11-2-1-7-16-11/h1-2,7,10,12H,3-6,8-9H2/t10-/m0/s1. The van der Waals surface area contributed by atoms with Crippen molar-refractivity contribution in [3.05, 3.63) is 22.4 Å². The highest BCUT2D eigenvalue weighted by atomic mass is 32.2. The van der Waals surface area contributed by atoms with Crippen LogP contribution in [0.15, 0.2) is 17.5 Å². The molecule has 2 heterocycles. The van der Waals surface area contributed by atoms with Gasteiger partial charge < -0.3 is 4.74 Å². The zero-order chi connectivity index (χ0) is 12.1. The van der Waals surface area contributed by atoms with E-state index in [9.17, 15) is 8.42 Å². The van der Waals surface area contributed by atoms with Crippen molar-refractivity contribution < 1.29 is 13.2 Å². The molecule has 0 aromatic carbocycles. The van der Waals surface area contributed by atoms with Crippen molar-refractivity contribution in [1.29, 1.82) is 0 Å². The van der Waals surface area contributed by atoms with Crippen molar-refractivity contribution in [3.8, 4) is 0 Å². The average molecular weight is 275 g/mol. The fourth-order valence-electron chi connectivity index (χ4n) is 1.87. The molecule has 1 aliphatic heterocycles. The molecule has 1 fully saturated rings. The van der Waals surface area contributed by atoms with Crippen molar-refractivity contribution in [3.63, 3.8) is 0 Å². The number of sulfonamides is 1. The molecule has 1 aromatic rings. The van der Waals surface area contributed by atoms with Gasteiger partial charge in [0.2, 0.25) is 10.0 Å². The second kappa shape index (κ2) is 5.95. The van der Waals surface area contributed by atoms with Gasteiger partial charge in [-0.15, -0.1) is 11.3 Å². The minimum atomic E-state index is -3.14. The third-order valence-corrected chi connectivity index (χ3v) is 5.24. The lowest BCUT2D eigenvalue weighted by molar-refractivity contribution is 0.188.